The summed E-state index contributed by atoms with van der Waals surface area (Å²) >= 11 is 6.71. The largest absolute Gasteiger partial charge is 0.466 e. The maximum absolute atomic E-state index is 6.71. The number of alkyl halides is 1. The molecule has 1 atom stereocenters. The molecule has 0 spiro atoms. The van der Waals surface area contributed by atoms with Crippen LogP contribution in [-0.2, 0) is 6.42 Å². The second kappa shape index (κ2) is 5.57. The summed E-state index contributed by atoms with van der Waals surface area (Å²) < 4.78 is 5.71. The van der Waals surface area contributed by atoms with Crippen molar-refractivity contribution in [1.29, 1.82) is 0 Å². The van der Waals surface area contributed by atoms with Gasteiger partial charge in [0.25, 0.3) is 0 Å². The molecule has 3 aromatic rings. The normalized spacial score (nSPS) is 12.8. The predicted molar refractivity (Wildman–Crippen MR) is 89.2 cm³/mol. The zero-order chi connectivity index (χ0) is 15.0. The lowest BCUT2D eigenvalue weighted by atomic mass is 9.96. The monoisotopic (exact) mass is 298 g/mol. The molecule has 0 fully saturated rings. The maximum Gasteiger partial charge on any atom is 0.106 e. The number of benzene rings is 2. The van der Waals surface area contributed by atoms with Crippen LogP contribution >= 0.6 is 11.6 Å². The molecular weight excluding hydrogens is 280 g/mol. The first-order chi connectivity index (χ1) is 10.1. The van der Waals surface area contributed by atoms with Gasteiger partial charge >= 0.3 is 0 Å². The van der Waals surface area contributed by atoms with E-state index in [0.717, 1.165) is 23.5 Å². The van der Waals surface area contributed by atoms with Gasteiger partial charge in [-0.05, 0) is 49.1 Å². The number of rotatable bonds is 3. The minimum atomic E-state index is -0.0618. The van der Waals surface area contributed by atoms with Gasteiger partial charge in [-0.25, -0.2) is 0 Å². The van der Waals surface area contributed by atoms with Gasteiger partial charge in [-0.2, -0.15) is 0 Å². The van der Waals surface area contributed by atoms with Crippen LogP contribution in [0.25, 0.3) is 10.8 Å². The van der Waals surface area contributed by atoms with Gasteiger partial charge in [-0.15, -0.1) is 11.6 Å². The molecule has 0 bridgehead atoms. The topological polar surface area (TPSA) is 13.1 Å². The fourth-order valence-corrected chi connectivity index (χ4v) is 3.52. The highest BCUT2D eigenvalue weighted by Gasteiger charge is 2.20. The molecule has 0 aliphatic carbocycles. The molecule has 0 saturated carbocycles. The molecule has 2 aromatic carbocycles. The number of halogens is 1. The van der Waals surface area contributed by atoms with Crippen molar-refractivity contribution >= 4 is 22.4 Å². The van der Waals surface area contributed by atoms with E-state index in [-0.39, 0.29) is 5.38 Å². The lowest BCUT2D eigenvalue weighted by Gasteiger charge is -2.12. The third-order valence-corrected chi connectivity index (χ3v) is 4.58. The number of fused-ring (bicyclic) bond motifs is 1. The van der Waals surface area contributed by atoms with Crippen molar-refractivity contribution in [2.24, 2.45) is 0 Å². The molecule has 3 rings (SSSR count). The van der Waals surface area contributed by atoms with Crippen molar-refractivity contribution in [1.82, 2.24) is 0 Å². The molecule has 0 aliphatic rings. The molecule has 1 unspecified atom stereocenters. The summed E-state index contributed by atoms with van der Waals surface area (Å²) in [6.45, 7) is 6.07. The van der Waals surface area contributed by atoms with Crippen molar-refractivity contribution in [3.05, 3.63) is 70.7 Å². The van der Waals surface area contributed by atoms with Gasteiger partial charge in [-0.1, -0.05) is 42.5 Å². The van der Waals surface area contributed by atoms with Gasteiger partial charge in [-0.3, -0.25) is 0 Å². The molecule has 1 heterocycles. The van der Waals surface area contributed by atoms with E-state index in [9.17, 15) is 0 Å². The maximum atomic E-state index is 6.71. The number of furan rings is 1. The minimum absolute atomic E-state index is 0.0618. The van der Waals surface area contributed by atoms with Crippen molar-refractivity contribution in [2.45, 2.75) is 32.6 Å². The quantitative estimate of drug-likeness (QED) is 0.550. The van der Waals surface area contributed by atoms with E-state index in [1.807, 2.05) is 13.8 Å². The zero-order valence-corrected chi connectivity index (χ0v) is 13.4. The van der Waals surface area contributed by atoms with Crippen molar-refractivity contribution in [3.63, 3.8) is 0 Å². The molecular formula is C19H19ClO. The Balaban J connectivity index is 1.98. The van der Waals surface area contributed by atoms with E-state index < -0.39 is 0 Å². The summed E-state index contributed by atoms with van der Waals surface area (Å²) in [5.74, 6) is 1.90. The summed E-state index contributed by atoms with van der Waals surface area (Å²) in [6, 6.07) is 14.8. The molecule has 0 amide bonds. The van der Waals surface area contributed by atoms with Crippen LogP contribution < -0.4 is 0 Å². The van der Waals surface area contributed by atoms with Crippen LogP contribution in [-0.4, -0.2) is 0 Å². The average Bonchev–Trinajstić information content (AvgIpc) is 2.72. The van der Waals surface area contributed by atoms with Crippen molar-refractivity contribution in [2.75, 3.05) is 0 Å². The smallest absolute Gasteiger partial charge is 0.106 e. The molecule has 1 aromatic heterocycles. The fraction of sp³-hybridized carbons (Fsp3) is 0.263. The summed E-state index contributed by atoms with van der Waals surface area (Å²) in [5, 5.41) is 2.48. The van der Waals surface area contributed by atoms with Gasteiger partial charge in [0.1, 0.15) is 11.5 Å². The Bertz CT molecular complexity index is 780. The fourth-order valence-electron chi connectivity index (χ4n) is 3.04. The van der Waals surface area contributed by atoms with Crippen LogP contribution in [0.15, 0.2) is 46.9 Å². The van der Waals surface area contributed by atoms with E-state index in [2.05, 4.69) is 49.4 Å². The number of aryl methyl sites for hydroxylation is 2. The van der Waals surface area contributed by atoms with Crippen LogP contribution in [0.1, 0.15) is 33.6 Å². The second-order valence-corrected chi connectivity index (χ2v) is 6.09. The highest BCUT2D eigenvalue weighted by Crippen LogP contribution is 2.34. The predicted octanol–water partition coefficient (Wildman–Crippen LogP) is 5.88. The van der Waals surface area contributed by atoms with Crippen LogP contribution in [0.4, 0.5) is 0 Å². The summed E-state index contributed by atoms with van der Waals surface area (Å²) in [6.07, 6.45) is 0.809. The zero-order valence-electron chi connectivity index (χ0n) is 12.6. The van der Waals surface area contributed by atoms with Gasteiger partial charge < -0.3 is 4.42 Å². The van der Waals surface area contributed by atoms with Crippen LogP contribution in [0, 0.1) is 20.8 Å². The Kier molecular flexibility index (Phi) is 3.77. The van der Waals surface area contributed by atoms with E-state index >= 15 is 0 Å². The highest BCUT2D eigenvalue weighted by molar-refractivity contribution is 6.21. The molecule has 0 N–H and O–H groups in total. The van der Waals surface area contributed by atoms with E-state index in [1.165, 1.54) is 21.9 Å². The number of hydrogen-bond acceptors (Lipinski definition) is 1. The Hall–Kier alpha value is -1.73. The lowest BCUT2D eigenvalue weighted by Crippen LogP contribution is -1.99. The Morgan fingerprint density at radius 2 is 1.67 bits per heavy atom. The standard InChI is InChI=1S/C19H19ClO/c1-12-13(2)21-14(3)19(12)18(20)11-16-9-6-8-15-7-4-5-10-17(15)16/h4-10,18H,11H2,1-3H3. The van der Waals surface area contributed by atoms with Gasteiger partial charge in [0.15, 0.2) is 0 Å². The van der Waals surface area contributed by atoms with Crippen molar-refractivity contribution in [3.8, 4) is 0 Å². The summed E-state index contributed by atoms with van der Waals surface area (Å²) in [7, 11) is 0. The highest BCUT2D eigenvalue weighted by atomic mass is 35.5. The van der Waals surface area contributed by atoms with E-state index in [4.69, 9.17) is 16.0 Å². The molecule has 0 radical (unpaired) electrons. The molecule has 21 heavy (non-hydrogen) atoms. The Morgan fingerprint density at radius 1 is 0.952 bits per heavy atom. The molecule has 0 saturated heterocycles. The van der Waals surface area contributed by atoms with Gasteiger partial charge in [0.2, 0.25) is 0 Å². The molecule has 2 heteroatoms. The van der Waals surface area contributed by atoms with Gasteiger partial charge in [0, 0.05) is 5.56 Å². The average molecular weight is 299 g/mol. The number of hydrogen-bond donors (Lipinski definition) is 0. The van der Waals surface area contributed by atoms with Crippen molar-refractivity contribution < 1.29 is 4.42 Å². The molecule has 1 nitrogen and oxygen atoms in total. The lowest BCUT2D eigenvalue weighted by molar-refractivity contribution is 0.499. The third kappa shape index (κ3) is 2.58. The van der Waals surface area contributed by atoms with E-state index in [0.29, 0.717) is 0 Å². The summed E-state index contributed by atoms with van der Waals surface area (Å²) in [5.41, 5.74) is 3.60. The first-order valence-corrected chi connectivity index (χ1v) is 7.68. The van der Waals surface area contributed by atoms with Crippen LogP contribution in [0.2, 0.25) is 0 Å². The van der Waals surface area contributed by atoms with E-state index in [1.54, 1.807) is 0 Å². The minimum Gasteiger partial charge on any atom is -0.466 e. The first kappa shape index (κ1) is 14.2. The van der Waals surface area contributed by atoms with Crippen LogP contribution in [0.3, 0.4) is 0 Å². The first-order valence-electron chi connectivity index (χ1n) is 7.25. The molecule has 108 valence electrons. The summed E-state index contributed by atoms with van der Waals surface area (Å²) in [4.78, 5) is 0. The van der Waals surface area contributed by atoms with Crippen LogP contribution in [0.5, 0.6) is 0 Å². The SMILES string of the molecule is Cc1oc(C)c(C(Cl)Cc2cccc3ccccc23)c1C. The third-order valence-electron chi connectivity index (χ3n) is 4.21. The molecule has 0 aliphatic heterocycles. The van der Waals surface area contributed by atoms with Gasteiger partial charge in [0.05, 0.1) is 5.38 Å². The second-order valence-electron chi connectivity index (χ2n) is 5.56. The Morgan fingerprint density at radius 3 is 2.38 bits per heavy atom. The Labute approximate surface area is 130 Å².